The van der Waals surface area contributed by atoms with Gasteiger partial charge in [0.2, 0.25) is 0 Å². The third kappa shape index (κ3) is 4.85. The maximum atomic E-state index is 13.3. The quantitative estimate of drug-likeness (QED) is 0.616. The molecule has 2 aromatic carbocycles. The third-order valence-electron chi connectivity index (χ3n) is 6.34. The Bertz CT molecular complexity index is 812. The zero-order chi connectivity index (χ0) is 20.8. The highest BCUT2D eigenvalue weighted by molar-refractivity contribution is 6.07. The Morgan fingerprint density at radius 3 is 2.53 bits per heavy atom. The van der Waals surface area contributed by atoms with Crippen LogP contribution in [0.3, 0.4) is 0 Å². The number of ether oxygens (including phenoxy) is 1. The summed E-state index contributed by atoms with van der Waals surface area (Å²) in [6.07, 6.45) is 6.48. The summed E-state index contributed by atoms with van der Waals surface area (Å²) in [6.45, 7) is 2.96. The molecule has 1 aliphatic heterocycles. The van der Waals surface area contributed by atoms with Gasteiger partial charge in [0.05, 0.1) is 18.8 Å². The zero-order valence-electron chi connectivity index (χ0n) is 17.6. The molecule has 1 saturated heterocycles. The molecule has 1 saturated carbocycles. The Hall–Kier alpha value is -2.37. The van der Waals surface area contributed by atoms with Crippen molar-refractivity contribution in [3.63, 3.8) is 0 Å². The van der Waals surface area contributed by atoms with E-state index in [1.54, 1.807) is 4.90 Å². The van der Waals surface area contributed by atoms with Crippen molar-refractivity contribution in [1.82, 2.24) is 5.32 Å². The number of aliphatic hydroxyl groups excluding tert-OH is 1. The first kappa shape index (κ1) is 20.9. The van der Waals surface area contributed by atoms with E-state index in [0.29, 0.717) is 12.2 Å². The molecule has 2 aliphatic rings. The highest BCUT2D eigenvalue weighted by Crippen LogP contribution is 2.44. The average molecular weight is 409 g/mol. The van der Waals surface area contributed by atoms with Crippen molar-refractivity contribution in [1.29, 1.82) is 0 Å². The molecule has 0 aromatic heterocycles. The Kier molecular flexibility index (Phi) is 6.70. The molecule has 2 fully saturated rings. The molecule has 1 aliphatic carbocycles. The SMILES string of the molecule is O=C(c1ccc(OCCCC2CCCNC2)cc1)N(c1ccccc1)C1(CO)CC1. The summed E-state index contributed by atoms with van der Waals surface area (Å²) in [5, 5.41) is 13.4. The summed E-state index contributed by atoms with van der Waals surface area (Å²) in [5.41, 5.74) is 0.965. The first-order valence-electron chi connectivity index (χ1n) is 11.2. The van der Waals surface area contributed by atoms with Crippen molar-refractivity contribution < 1.29 is 14.6 Å². The maximum Gasteiger partial charge on any atom is 0.258 e. The molecule has 5 nitrogen and oxygen atoms in total. The lowest BCUT2D eigenvalue weighted by Gasteiger charge is -2.31. The van der Waals surface area contributed by atoms with Crippen LogP contribution >= 0.6 is 0 Å². The van der Waals surface area contributed by atoms with Crippen LogP contribution in [0.15, 0.2) is 54.6 Å². The fourth-order valence-corrected chi connectivity index (χ4v) is 4.34. The van der Waals surface area contributed by atoms with Crippen LogP contribution in [0.5, 0.6) is 5.75 Å². The van der Waals surface area contributed by atoms with E-state index in [-0.39, 0.29) is 12.5 Å². The fraction of sp³-hybridized carbons (Fsp3) is 0.480. The zero-order valence-corrected chi connectivity index (χ0v) is 17.6. The second-order valence-corrected chi connectivity index (χ2v) is 8.59. The number of hydrogen-bond donors (Lipinski definition) is 2. The Morgan fingerprint density at radius 2 is 1.90 bits per heavy atom. The monoisotopic (exact) mass is 408 g/mol. The molecule has 2 aromatic rings. The number of carbonyl (C=O) groups excluding carboxylic acids is 1. The van der Waals surface area contributed by atoms with Gasteiger partial charge in [-0.1, -0.05) is 18.2 Å². The maximum absolute atomic E-state index is 13.3. The number of rotatable bonds is 9. The largest absolute Gasteiger partial charge is 0.494 e. The minimum atomic E-state index is -0.471. The molecule has 1 atom stereocenters. The number of piperidine rings is 1. The van der Waals surface area contributed by atoms with Gasteiger partial charge in [-0.05, 0) is 93.9 Å². The van der Waals surface area contributed by atoms with Gasteiger partial charge in [0.1, 0.15) is 5.75 Å². The fourth-order valence-electron chi connectivity index (χ4n) is 4.34. The topological polar surface area (TPSA) is 61.8 Å². The molecule has 0 radical (unpaired) electrons. The lowest BCUT2D eigenvalue weighted by molar-refractivity contribution is 0.0957. The van der Waals surface area contributed by atoms with Crippen molar-refractivity contribution in [2.45, 2.75) is 44.1 Å². The molecule has 2 N–H and O–H groups in total. The molecular weight excluding hydrogens is 376 g/mol. The molecule has 1 heterocycles. The highest BCUT2D eigenvalue weighted by atomic mass is 16.5. The molecule has 0 bridgehead atoms. The molecule has 4 rings (SSSR count). The molecule has 1 amide bonds. The lowest BCUT2D eigenvalue weighted by atomic mass is 9.95. The van der Waals surface area contributed by atoms with E-state index in [0.717, 1.165) is 49.7 Å². The number of nitrogens with zero attached hydrogens (tertiary/aromatic N) is 1. The van der Waals surface area contributed by atoms with Gasteiger partial charge in [0.25, 0.3) is 5.91 Å². The number of anilines is 1. The van der Waals surface area contributed by atoms with Gasteiger partial charge in [-0.2, -0.15) is 0 Å². The molecule has 0 spiro atoms. The normalized spacial score (nSPS) is 19.8. The van der Waals surface area contributed by atoms with Crippen LogP contribution < -0.4 is 15.0 Å². The van der Waals surface area contributed by atoms with Gasteiger partial charge in [-0.25, -0.2) is 0 Å². The number of para-hydroxylation sites is 1. The molecule has 160 valence electrons. The van der Waals surface area contributed by atoms with Crippen molar-refractivity contribution in [3.05, 3.63) is 60.2 Å². The highest BCUT2D eigenvalue weighted by Gasteiger charge is 2.50. The van der Waals surface area contributed by atoms with E-state index in [1.165, 1.54) is 19.3 Å². The van der Waals surface area contributed by atoms with Crippen molar-refractivity contribution in [2.75, 3.05) is 31.2 Å². The van der Waals surface area contributed by atoms with E-state index in [1.807, 2.05) is 54.6 Å². The van der Waals surface area contributed by atoms with Gasteiger partial charge in [0, 0.05) is 11.3 Å². The Morgan fingerprint density at radius 1 is 1.13 bits per heavy atom. The summed E-state index contributed by atoms with van der Waals surface area (Å²) in [5.74, 6) is 1.49. The van der Waals surface area contributed by atoms with Crippen molar-refractivity contribution in [2.24, 2.45) is 5.92 Å². The predicted molar refractivity (Wildman–Crippen MR) is 119 cm³/mol. The van der Waals surface area contributed by atoms with E-state index in [4.69, 9.17) is 4.74 Å². The van der Waals surface area contributed by atoms with Gasteiger partial charge >= 0.3 is 0 Å². The number of hydrogen-bond acceptors (Lipinski definition) is 4. The standard InChI is InChI=1S/C25H32N2O3/c28-19-25(14-15-25)27(22-8-2-1-3-9-22)24(29)21-10-12-23(13-11-21)30-17-5-7-20-6-4-16-26-18-20/h1-3,8-13,20,26,28H,4-7,14-19H2. The smallest absolute Gasteiger partial charge is 0.258 e. The van der Waals surface area contributed by atoms with Crippen LogP contribution in [0.4, 0.5) is 5.69 Å². The molecular formula is C25H32N2O3. The minimum absolute atomic E-state index is 0.0225. The van der Waals surface area contributed by atoms with Crippen LogP contribution in [0.25, 0.3) is 0 Å². The summed E-state index contributed by atoms with van der Waals surface area (Å²) < 4.78 is 5.89. The Labute approximate surface area is 179 Å². The molecule has 5 heteroatoms. The average Bonchev–Trinajstić information content (AvgIpc) is 3.59. The number of amides is 1. The molecule has 30 heavy (non-hydrogen) atoms. The van der Waals surface area contributed by atoms with E-state index < -0.39 is 5.54 Å². The summed E-state index contributed by atoms with van der Waals surface area (Å²) >= 11 is 0. The van der Waals surface area contributed by atoms with E-state index in [2.05, 4.69) is 5.32 Å². The summed E-state index contributed by atoms with van der Waals surface area (Å²) in [4.78, 5) is 15.1. The minimum Gasteiger partial charge on any atom is -0.494 e. The van der Waals surface area contributed by atoms with Crippen LogP contribution in [0, 0.1) is 5.92 Å². The first-order valence-corrected chi connectivity index (χ1v) is 11.2. The Balaban J connectivity index is 1.36. The van der Waals surface area contributed by atoms with Crippen LogP contribution in [0.1, 0.15) is 48.9 Å². The lowest BCUT2D eigenvalue weighted by Crippen LogP contribution is -2.45. The predicted octanol–water partition coefficient (Wildman–Crippen LogP) is 4.02. The number of aliphatic hydroxyl groups is 1. The van der Waals surface area contributed by atoms with E-state index >= 15 is 0 Å². The van der Waals surface area contributed by atoms with Crippen molar-refractivity contribution in [3.8, 4) is 5.75 Å². The van der Waals surface area contributed by atoms with Crippen molar-refractivity contribution >= 4 is 11.6 Å². The number of nitrogens with one attached hydrogen (secondary N) is 1. The summed E-state index contributed by atoms with van der Waals surface area (Å²) in [6, 6.07) is 17.0. The number of benzene rings is 2. The van der Waals surface area contributed by atoms with Crippen LogP contribution in [-0.2, 0) is 0 Å². The van der Waals surface area contributed by atoms with Gasteiger partial charge in [-0.15, -0.1) is 0 Å². The van der Waals surface area contributed by atoms with Gasteiger partial charge < -0.3 is 15.2 Å². The number of carbonyl (C=O) groups is 1. The van der Waals surface area contributed by atoms with Gasteiger partial charge in [0.15, 0.2) is 0 Å². The first-order chi connectivity index (χ1) is 14.7. The second kappa shape index (κ2) is 9.63. The third-order valence-corrected chi connectivity index (χ3v) is 6.34. The van der Waals surface area contributed by atoms with Crippen LogP contribution in [-0.4, -0.2) is 42.9 Å². The summed E-state index contributed by atoms with van der Waals surface area (Å²) in [7, 11) is 0. The molecule has 1 unspecified atom stereocenters. The van der Waals surface area contributed by atoms with Crippen LogP contribution in [0.2, 0.25) is 0 Å². The second-order valence-electron chi connectivity index (χ2n) is 8.59. The van der Waals surface area contributed by atoms with E-state index in [9.17, 15) is 9.90 Å². The van der Waals surface area contributed by atoms with Gasteiger partial charge in [-0.3, -0.25) is 9.69 Å².